The van der Waals surface area contributed by atoms with E-state index in [1.165, 1.54) is 45.2 Å². The van der Waals surface area contributed by atoms with Crippen molar-refractivity contribution in [3.63, 3.8) is 0 Å². The minimum atomic E-state index is 0.230. The maximum absolute atomic E-state index is 11.3. The van der Waals surface area contributed by atoms with Gasteiger partial charge in [-0.3, -0.25) is 14.6 Å². The predicted molar refractivity (Wildman–Crippen MR) is 76.1 cm³/mol. The Labute approximate surface area is 116 Å². The van der Waals surface area contributed by atoms with Gasteiger partial charge in [0.2, 0.25) is 5.91 Å². The predicted octanol–water partition coefficient (Wildman–Crippen LogP) is 1.17. The highest BCUT2D eigenvalue weighted by atomic mass is 16.2. The zero-order valence-corrected chi connectivity index (χ0v) is 12.2. The Hall–Kier alpha value is -0.610. The first-order chi connectivity index (χ1) is 9.24. The van der Waals surface area contributed by atoms with Crippen LogP contribution in [0.25, 0.3) is 0 Å². The summed E-state index contributed by atoms with van der Waals surface area (Å²) >= 11 is 0. The summed E-state index contributed by atoms with van der Waals surface area (Å²) in [5.74, 6) is 0.230. The third kappa shape index (κ3) is 2.95. The van der Waals surface area contributed by atoms with Crippen LogP contribution >= 0.6 is 0 Å². The lowest BCUT2D eigenvalue weighted by Crippen LogP contribution is -2.51. The second-order valence-corrected chi connectivity index (χ2v) is 6.40. The molecule has 0 radical (unpaired) electrons. The summed E-state index contributed by atoms with van der Waals surface area (Å²) in [6, 6.07) is 1.77. The van der Waals surface area contributed by atoms with E-state index >= 15 is 0 Å². The summed E-state index contributed by atoms with van der Waals surface area (Å²) in [6.45, 7) is 8.07. The third-order valence-corrected chi connectivity index (χ3v) is 5.34. The van der Waals surface area contributed by atoms with Gasteiger partial charge in [0.05, 0.1) is 0 Å². The van der Waals surface area contributed by atoms with Crippen molar-refractivity contribution in [1.29, 1.82) is 0 Å². The van der Waals surface area contributed by atoms with E-state index in [4.69, 9.17) is 0 Å². The second-order valence-electron chi connectivity index (χ2n) is 6.40. The zero-order valence-electron chi connectivity index (χ0n) is 12.2. The van der Waals surface area contributed by atoms with E-state index in [0.29, 0.717) is 0 Å². The monoisotopic (exact) mass is 265 g/mol. The van der Waals surface area contributed by atoms with Crippen LogP contribution in [0.5, 0.6) is 0 Å². The van der Waals surface area contributed by atoms with Crippen molar-refractivity contribution in [2.24, 2.45) is 0 Å². The number of nitrogens with zero attached hydrogens (tertiary/aromatic N) is 3. The fourth-order valence-electron chi connectivity index (χ4n) is 4.13. The number of rotatable bonds is 3. The van der Waals surface area contributed by atoms with Gasteiger partial charge in [0.15, 0.2) is 0 Å². The molecule has 2 atom stereocenters. The summed E-state index contributed by atoms with van der Waals surface area (Å²) in [5, 5.41) is 0. The molecular weight excluding hydrogens is 238 g/mol. The van der Waals surface area contributed by atoms with Gasteiger partial charge >= 0.3 is 0 Å². The van der Waals surface area contributed by atoms with Crippen molar-refractivity contribution >= 4 is 5.91 Å². The SMILES string of the molecule is CC(=O)N1CCN(CCN2C3CCCC2CC3)CC1. The first-order valence-corrected chi connectivity index (χ1v) is 7.97. The largest absolute Gasteiger partial charge is 0.340 e. The van der Waals surface area contributed by atoms with Crippen LogP contribution in [0.4, 0.5) is 0 Å². The Kier molecular flexibility index (Phi) is 4.08. The van der Waals surface area contributed by atoms with E-state index in [-0.39, 0.29) is 5.91 Å². The van der Waals surface area contributed by atoms with Crippen LogP contribution in [0.2, 0.25) is 0 Å². The first kappa shape index (κ1) is 13.4. The molecule has 4 heteroatoms. The Morgan fingerprint density at radius 1 is 0.947 bits per heavy atom. The van der Waals surface area contributed by atoms with Crippen LogP contribution in [-0.2, 0) is 4.79 Å². The number of amides is 1. The van der Waals surface area contributed by atoms with E-state index in [9.17, 15) is 4.79 Å². The van der Waals surface area contributed by atoms with Crippen LogP contribution in [0, 0.1) is 0 Å². The van der Waals surface area contributed by atoms with Crippen LogP contribution in [-0.4, -0.2) is 72.0 Å². The molecule has 0 saturated carbocycles. The zero-order chi connectivity index (χ0) is 13.2. The van der Waals surface area contributed by atoms with E-state index in [2.05, 4.69) is 9.80 Å². The molecule has 0 aliphatic carbocycles. The van der Waals surface area contributed by atoms with Crippen molar-refractivity contribution < 1.29 is 4.79 Å². The van der Waals surface area contributed by atoms with Crippen LogP contribution in [0.1, 0.15) is 39.0 Å². The van der Waals surface area contributed by atoms with E-state index < -0.39 is 0 Å². The molecule has 0 aromatic carbocycles. The number of hydrogen-bond acceptors (Lipinski definition) is 3. The molecule has 0 aromatic rings. The first-order valence-electron chi connectivity index (χ1n) is 7.97. The number of piperidine rings is 1. The summed E-state index contributed by atoms with van der Waals surface area (Å²) in [7, 11) is 0. The van der Waals surface area contributed by atoms with Gasteiger partial charge < -0.3 is 4.90 Å². The van der Waals surface area contributed by atoms with Crippen LogP contribution in [0.15, 0.2) is 0 Å². The Morgan fingerprint density at radius 3 is 2.16 bits per heavy atom. The van der Waals surface area contributed by atoms with Gasteiger partial charge in [-0.25, -0.2) is 0 Å². The molecule has 4 nitrogen and oxygen atoms in total. The fourth-order valence-corrected chi connectivity index (χ4v) is 4.13. The highest BCUT2D eigenvalue weighted by Gasteiger charge is 2.36. The molecule has 0 N–H and O–H groups in total. The minimum absolute atomic E-state index is 0.230. The van der Waals surface area contributed by atoms with Crippen molar-refractivity contribution in [3.8, 4) is 0 Å². The minimum Gasteiger partial charge on any atom is -0.340 e. The van der Waals surface area contributed by atoms with Crippen molar-refractivity contribution in [2.45, 2.75) is 51.1 Å². The molecule has 3 saturated heterocycles. The summed E-state index contributed by atoms with van der Waals surface area (Å²) < 4.78 is 0. The number of carbonyl (C=O) groups excluding carboxylic acids is 1. The van der Waals surface area contributed by atoms with E-state index in [0.717, 1.165) is 38.3 Å². The lowest BCUT2D eigenvalue weighted by molar-refractivity contribution is -0.130. The average molecular weight is 265 g/mol. The van der Waals surface area contributed by atoms with Crippen molar-refractivity contribution in [2.75, 3.05) is 39.3 Å². The van der Waals surface area contributed by atoms with Gasteiger partial charge in [-0.1, -0.05) is 6.42 Å². The van der Waals surface area contributed by atoms with Gasteiger partial charge in [-0.15, -0.1) is 0 Å². The Balaban J connectivity index is 1.42. The molecule has 1 amide bonds. The smallest absolute Gasteiger partial charge is 0.219 e. The molecule has 19 heavy (non-hydrogen) atoms. The lowest BCUT2D eigenvalue weighted by Gasteiger charge is -2.38. The molecule has 3 aliphatic rings. The van der Waals surface area contributed by atoms with Gasteiger partial charge in [0, 0.05) is 58.3 Å². The Morgan fingerprint density at radius 2 is 1.58 bits per heavy atom. The highest BCUT2D eigenvalue weighted by molar-refractivity contribution is 5.73. The molecule has 3 fully saturated rings. The average Bonchev–Trinajstić information content (AvgIpc) is 2.65. The fraction of sp³-hybridized carbons (Fsp3) is 0.933. The summed E-state index contributed by atoms with van der Waals surface area (Å²) in [5.41, 5.74) is 0. The topological polar surface area (TPSA) is 26.8 Å². The third-order valence-electron chi connectivity index (χ3n) is 5.34. The van der Waals surface area contributed by atoms with Crippen molar-refractivity contribution in [1.82, 2.24) is 14.7 Å². The molecule has 2 unspecified atom stereocenters. The molecule has 0 spiro atoms. The number of hydrogen-bond donors (Lipinski definition) is 0. The Bertz CT molecular complexity index is 309. The number of fused-ring (bicyclic) bond motifs is 2. The van der Waals surface area contributed by atoms with Gasteiger partial charge in [0.25, 0.3) is 0 Å². The molecular formula is C15H27N3O. The normalized spacial score (nSPS) is 32.8. The molecule has 0 aromatic heterocycles. The number of carbonyl (C=O) groups is 1. The molecule has 3 heterocycles. The maximum atomic E-state index is 11.3. The standard InChI is InChI=1S/C15H27N3O/c1-13(19)17-10-7-16(8-11-17)9-12-18-14-3-2-4-15(18)6-5-14/h14-15H,2-12H2,1H3. The molecule has 108 valence electrons. The molecule has 3 aliphatic heterocycles. The molecule has 2 bridgehead atoms. The maximum Gasteiger partial charge on any atom is 0.219 e. The van der Waals surface area contributed by atoms with Gasteiger partial charge in [-0.2, -0.15) is 0 Å². The van der Waals surface area contributed by atoms with Crippen LogP contribution in [0.3, 0.4) is 0 Å². The van der Waals surface area contributed by atoms with E-state index in [1.807, 2.05) is 4.90 Å². The van der Waals surface area contributed by atoms with Gasteiger partial charge in [0.1, 0.15) is 0 Å². The van der Waals surface area contributed by atoms with Crippen LogP contribution < -0.4 is 0 Å². The quantitative estimate of drug-likeness (QED) is 0.766. The lowest BCUT2D eigenvalue weighted by atomic mass is 10.0. The second kappa shape index (κ2) is 5.80. The number of piperazine rings is 1. The van der Waals surface area contributed by atoms with Gasteiger partial charge in [-0.05, 0) is 25.7 Å². The molecule has 3 rings (SSSR count). The summed E-state index contributed by atoms with van der Waals surface area (Å²) in [4.78, 5) is 18.6. The van der Waals surface area contributed by atoms with Crippen molar-refractivity contribution in [3.05, 3.63) is 0 Å². The highest BCUT2D eigenvalue weighted by Crippen LogP contribution is 2.34. The summed E-state index contributed by atoms with van der Waals surface area (Å²) in [6.07, 6.45) is 7.16. The van der Waals surface area contributed by atoms with E-state index in [1.54, 1.807) is 6.92 Å².